The fourth-order valence-electron chi connectivity index (χ4n) is 5.16. The molecule has 1 amide bonds. The highest BCUT2D eigenvalue weighted by Crippen LogP contribution is 2.58. The van der Waals surface area contributed by atoms with Crippen LogP contribution in [0.1, 0.15) is 68.8 Å². The number of carbonyl (C=O) groups is 2. The predicted octanol–water partition coefficient (Wildman–Crippen LogP) is 6.69. The van der Waals surface area contributed by atoms with Gasteiger partial charge in [0.15, 0.2) is 0 Å². The first kappa shape index (κ1) is 26.1. The Morgan fingerprint density at radius 2 is 1.74 bits per heavy atom. The SMILES string of the molecule is COC(=O)c1ccc(C(C)NC(=O)c2cc(Cl)cc3c2N(Cc2ccc(C(F)(F)F)cc2)CC32CC2)cc1. The van der Waals surface area contributed by atoms with Gasteiger partial charge in [-0.05, 0) is 72.9 Å². The summed E-state index contributed by atoms with van der Waals surface area (Å²) in [6.07, 6.45) is -2.46. The zero-order valence-corrected chi connectivity index (χ0v) is 21.6. The van der Waals surface area contributed by atoms with E-state index in [1.54, 1.807) is 30.3 Å². The van der Waals surface area contributed by atoms with E-state index < -0.39 is 17.7 Å². The van der Waals surface area contributed by atoms with Gasteiger partial charge in [0, 0.05) is 23.5 Å². The van der Waals surface area contributed by atoms with Crippen molar-refractivity contribution in [2.75, 3.05) is 18.6 Å². The third-order valence-corrected chi connectivity index (χ3v) is 7.61. The summed E-state index contributed by atoms with van der Waals surface area (Å²) in [5, 5.41) is 3.49. The number of methoxy groups -OCH3 is 1. The summed E-state index contributed by atoms with van der Waals surface area (Å²) in [6.45, 7) is 2.89. The van der Waals surface area contributed by atoms with Gasteiger partial charge >= 0.3 is 12.1 Å². The van der Waals surface area contributed by atoms with Crippen LogP contribution in [-0.4, -0.2) is 25.5 Å². The molecule has 1 saturated carbocycles. The van der Waals surface area contributed by atoms with Crippen LogP contribution in [0.2, 0.25) is 5.02 Å². The lowest BCUT2D eigenvalue weighted by atomic mass is 9.96. The summed E-state index contributed by atoms with van der Waals surface area (Å²) in [4.78, 5) is 27.3. The molecule has 0 saturated heterocycles. The van der Waals surface area contributed by atoms with Crippen LogP contribution in [0.3, 0.4) is 0 Å². The van der Waals surface area contributed by atoms with Crippen LogP contribution in [0, 0.1) is 0 Å². The Kier molecular flexibility index (Phi) is 6.63. The number of ether oxygens (including phenoxy) is 1. The predicted molar refractivity (Wildman–Crippen MR) is 139 cm³/mol. The van der Waals surface area contributed by atoms with Crippen molar-refractivity contribution in [1.82, 2.24) is 5.32 Å². The third kappa shape index (κ3) is 4.97. The van der Waals surface area contributed by atoms with E-state index in [0.717, 1.165) is 47.4 Å². The molecule has 0 bridgehead atoms. The molecule has 38 heavy (non-hydrogen) atoms. The van der Waals surface area contributed by atoms with Crippen LogP contribution in [0.5, 0.6) is 0 Å². The number of nitrogens with one attached hydrogen (secondary N) is 1. The Morgan fingerprint density at radius 1 is 1.08 bits per heavy atom. The van der Waals surface area contributed by atoms with E-state index in [2.05, 4.69) is 10.2 Å². The van der Waals surface area contributed by atoms with Crippen molar-refractivity contribution in [1.29, 1.82) is 0 Å². The molecule has 1 heterocycles. The second kappa shape index (κ2) is 9.66. The summed E-state index contributed by atoms with van der Waals surface area (Å²) in [5.41, 5.74) is 3.39. The topological polar surface area (TPSA) is 58.6 Å². The lowest BCUT2D eigenvalue weighted by molar-refractivity contribution is -0.137. The van der Waals surface area contributed by atoms with E-state index >= 15 is 0 Å². The molecule has 1 aliphatic carbocycles. The van der Waals surface area contributed by atoms with E-state index in [4.69, 9.17) is 16.3 Å². The van der Waals surface area contributed by atoms with E-state index in [0.29, 0.717) is 29.2 Å². The van der Waals surface area contributed by atoms with Crippen LogP contribution in [-0.2, 0) is 22.9 Å². The van der Waals surface area contributed by atoms with Gasteiger partial charge in [-0.25, -0.2) is 4.79 Å². The van der Waals surface area contributed by atoms with Gasteiger partial charge in [0.1, 0.15) is 0 Å². The average molecular weight is 543 g/mol. The molecule has 1 atom stereocenters. The van der Waals surface area contributed by atoms with E-state index in [9.17, 15) is 22.8 Å². The number of halogens is 4. The molecular weight excluding hydrogens is 517 g/mol. The number of esters is 1. The van der Waals surface area contributed by atoms with Crippen molar-refractivity contribution in [3.8, 4) is 0 Å². The molecule has 0 aromatic heterocycles. The number of alkyl halides is 3. The molecule has 3 aromatic carbocycles. The van der Waals surface area contributed by atoms with Crippen molar-refractivity contribution in [2.24, 2.45) is 0 Å². The highest BCUT2D eigenvalue weighted by molar-refractivity contribution is 6.31. The molecular formula is C29H26ClF3N2O3. The number of amides is 1. The van der Waals surface area contributed by atoms with Crippen LogP contribution < -0.4 is 10.2 Å². The maximum atomic E-state index is 13.6. The molecule has 198 valence electrons. The van der Waals surface area contributed by atoms with Crippen molar-refractivity contribution in [3.63, 3.8) is 0 Å². The first-order valence-corrected chi connectivity index (χ1v) is 12.6. The fraction of sp³-hybridized carbons (Fsp3) is 0.310. The van der Waals surface area contributed by atoms with Gasteiger partial charge in [-0.2, -0.15) is 13.2 Å². The monoisotopic (exact) mass is 542 g/mol. The minimum Gasteiger partial charge on any atom is -0.465 e. The van der Waals surface area contributed by atoms with Gasteiger partial charge < -0.3 is 15.0 Å². The van der Waals surface area contributed by atoms with Crippen LogP contribution >= 0.6 is 11.6 Å². The molecule has 9 heteroatoms. The number of rotatable bonds is 6. The number of hydrogen-bond acceptors (Lipinski definition) is 4. The molecule has 1 N–H and O–H groups in total. The summed E-state index contributed by atoms with van der Waals surface area (Å²) < 4.78 is 43.8. The molecule has 5 rings (SSSR count). The maximum absolute atomic E-state index is 13.6. The van der Waals surface area contributed by atoms with E-state index in [1.165, 1.54) is 19.2 Å². The number of fused-ring (bicyclic) bond motifs is 2. The summed E-state index contributed by atoms with van der Waals surface area (Å²) in [7, 11) is 1.31. The van der Waals surface area contributed by atoms with Crippen molar-refractivity contribution in [3.05, 3.63) is 99.1 Å². The Labute approximate surface area is 223 Å². The highest BCUT2D eigenvalue weighted by atomic mass is 35.5. The Morgan fingerprint density at radius 3 is 2.32 bits per heavy atom. The van der Waals surface area contributed by atoms with Gasteiger partial charge in [0.05, 0.1) is 35.5 Å². The number of carbonyl (C=O) groups excluding carboxylic acids is 2. The molecule has 1 unspecified atom stereocenters. The van der Waals surface area contributed by atoms with Crippen molar-refractivity contribution >= 4 is 29.2 Å². The maximum Gasteiger partial charge on any atom is 0.416 e. The largest absolute Gasteiger partial charge is 0.465 e. The molecule has 5 nitrogen and oxygen atoms in total. The smallest absolute Gasteiger partial charge is 0.416 e. The average Bonchev–Trinajstić information content (AvgIpc) is 3.61. The third-order valence-electron chi connectivity index (χ3n) is 7.39. The van der Waals surface area contributed by atoms with Gasteiger partial charge in [-0.1, -0.05) is 35.9 Å². The zero-order valence-electron chi connectivity index (χ0n) is 20.9. The van der Waals surface area contributed by atoms with Crippen molar-refractivity contribution in [2.45, 2.75) is 43.9 Å². The molecule has 1 fully saturated rings. The highest BCUT2D eigenvalue weighted by Gasteiger charge is 2.52. The molecule has 3 aromatic rings. The molecule has 1 spiro atoms. The van der Waals surface area contributed by atoms with E-state index in [1.807, 2.05) is 13.0 Å². The first-order chi connectivity index (χ1) is 18.0. The van der Waals surface area contributed by atoms with Crippen molar-refractivity contribution < 1.29 is 27.5 Å². The van der Waals surface area contributed by atoms with Crippen LogP contribution in [0.4, 0.5) is 18.9 Å². The minimum atomic E-state index is -4.39. The van der Waals surface area contributed by atoms with Gasteiger partial charge in [-0.15, -0.1) is 0 Å². The molecule has 1 aliphatic heterocycles. The summed E-state index contributed by atoms with van der Waals surface area (Å²) in [6, 6.07) is 15.1. The second-order valence-electron chi connectivity index (χ2n) is 9.99. The molecule has 2 aliphatic rings. The zero-order chi connectivity index (χ0) is 27.2. The lowest BCUT2D eigenvalue weighted by Crippen LogP contribution is -2.29. The standard InChI is InChI=1S/C29H26ClF3N2O3/c1-17(19-5-7-20(8-6-19)27(37)38-2)34-26(36)23-13-22(30)14-24-25(23)35(16-28(24)11-12-28)15-18-3-9-21(10-4-18)29(31,32)33/h3-10,13-14,17H,11-12,15-16H2,1-2H3,(H,34,36). The minimum absolute atomic E-state index is 0.0868. The first-order valence-electron chi connectivity index (χ1n) is 12.2. The quantitative estimate of drug-likeness (QED) is 0.353. The number of benzene rings is 3. The van der Waals surface area contributed by atoms with Gasteiger partial charge in [0.25, 0.3) is 5.91 Å². The summed E-state index contributed by atoms with van der Waals surface area (Å²) in [5.74, 6) is -0.742. The molecule has 0 radical (unpaired) electrons. The normalized spacial score (nSPS) is 16.2. The summed E-state index contributed by atoms with van der Waals surface area (Å²) >= 11 is 6.46. The van der Waals surface area contributed by atoms with Crippen LogP contribution in [0.15, 0.2) is 60.7 Å². The van der Waals surface area contributed by atoms with Crippen LogP contribution in [0.25, 0.3) is 0 Å². The Hall–Kier alpha value is -3.52. The van der Waals surface area contributed by atoms with Gasteiger partial charge in [-0.3, -0.25) is 4.79 Å². The second-order valence-corrected chi connectivity index (χ2v) is 10.4. The lowest BCUT2D eigenvalue weighted by Gasteiger charge is -2.24. The fourth-order valence-corrected chi connectivity index (χ4v) is 5.38. The van der Waals surface area contributed by atoms with Gasteiger partial charge in [0.2, 0.25) is 0 Å². The number of nitrogens with zero attached hydrogens (tertiary/aromatic N) is 1. The van der Waals surface area contributed by atoms with E-state index in [-0.39, 0.29) is 17.4 Å². The number of anilines is 1. The Balaban J connectivity index is 1.41. The Bertz CT molecular complexity index is 1380. The number of hydrogen-bond donors (Lipinski definition) is 1.